The standard InChI is InChI=1S/C13H6F5N3O2/c1-21-11(6(5-19)10(20-21)13(16,17)18)23-12(22)9-7(14)3-2-4-8(9)15/h2-4H,1H3. The Hall–Kier alpha value is -2.96. The summed E-state index contributed by atoms with van der Waals surface area (Å²) in [5.41, 5.74) is -3.73. The quantitative estimate of drug-likeness (QED) is 0.627. The van der Waals surface area contributed by atoms with Crippen molar-refractivity contribution in [3.8, 4) is 11.9 Å². The van der Waals surface area contributed by atoms with Crippen LogP contribution in [0.3, 0.4) is 0 Å². The van der Waals surface area contributed by atoms with E-state index < -0.39 is 46.5 Å². The van der Waals surface area contributed by atoms with E-state index in [0.29, 0.717) is 4.68 Å². The number of benzene rings is 1. The molecule has 0 amide bonds. The molecule has 1 aromatic heterocycles. The number of hydrogen-bond donors (Lipinski definition) is 0. The summed E-state index contributed by atoms with van der Waals surface area (Å²) in [5.74, 6) is -4.97. The topological polar surface area (TPSA) is 67.9 Å². The zero-order chi connectivity index (χ0) is 17.4. The number of alkyl halides is 3. The van der Waals surface area contributed by atoms with Crippen LogP contribution in [0.5, 0.6) is 5.88 Å². The van der Waals surface area contributed by atoms with Crippen molar-refractivity contribution in [3.05, 3.63) is 46.7 Å². The fourth-order valence-corrected chi connectivity index (χ4v) is 1.76. The molecule has 0 unspecified atom stereocenters. The Labute approximate surface area is 125 Å². The van der Waals surface area contributed by atoms with Gasteiger partial charge in [0, 0.05) is 7.05 Å². The van der Waals surface area contributed by atoms with Gasteiger partial charge in [-0.2, -0.15) is 23.5 Å². The molecule has 0 aliphatic heterocycles. The van der Waals surface area contributed by atoms with Crippen LogP contribution in [0.4, 0.5) is 22.0 Å². The van der Waals surface area contributed by atoms with E-state index >= 15 is 0 Å². The number of hydrogen-bond acceptors (Lipinski definition) is 4. The molecule has 0 saturated heterocycles. The van der Waals surface area contributed by atoms with Gasteiger partial charge in [0.1, 0.15) is 28.8 Å². The molecule has 0 spiro atoms. The van der Waals surface area contributed by atoms with Crippen molar-refractivity contribution in [2.45, 2.75) is 6.18 Å². The fraction of sp³-hybridized carbons (Fsp3) is 0.154. The SMILES string of the molecule is Cn1nc(C(F)(F)F)c(C#N)c1OC(=O)c1c(F)cccc1F. The summed E-state index contributed by atoms with van der Waals surface area (Å²) in [6.45, 7) is 0. The molecule has 0 aliphatic rings. The average molecular weight is 331 g/mol. The van der Waals surface area contributed by atoms with E-state index in [4.69, 9.17) is 5.26 Å². The van der Waals surface area contributed by atoms with Crippen LogP contribution < -0.4 is 4.74 Å². The van der Waals surface area contributed by atoms with Crippen molar-refractivity contribution >= 4 is 5.97 Å². The molecule has 0 bridgehead atoms. The maximum atomic E-state index is 13.5. The number of halogens is 5. The number of aromatic nitrogens is 2. The molecule has 5 nitrogen and oxygen atoms in total. The number of carbonyl (C=O) groups is 1. The number of aryl methyl sites for hydroxylation is 1. The Bertz CT molecular complexity index is 800. The molecule has 0 N–H and O–H groups in total. The highest BCUT2D eigenvalue weighted by Gasteiger charge is 2.40. The van der Waals surface area contributed by atoms with Crippen molar-refractivity contribution < 1.29 is 31.5 Å². The minimum atomic E-state index is -4.96. The highest BCUT2D eigenvalue weighted by atomic mass is 19.4. The molecule has 0 saturated carbocycles. The highest BCUT2D eigenvalue weighted by molar-refractivity contribution is 5.91. The van der Waals surface area contributed by atoms with Crippen molar-refractivity contribution in [1.82, 2.24) is 9.78 Å². The Morgan fingerprint density at radius 2 is 1.87 bits per heavy atom. The number of ether oxygens (including phenoxy) is 1. The van der Waals surface area contributed by atoms with E-state index in [1.165, 1.54) is 6.07 Å². The predicted molar refractivity (Wildman–Crippen MR) is 64.2 cm³/mol. The first-order valence-electron chi connectivity index (χ1n) is 5.87. The Kier molecular flexibility index (Phi) is 4.05. The molecule has 0 fully saturated rings. The molecule has 2 aromatic rings. The van der Waals surface area contributed by atoms with E-state index in [0.717, 1.165) is 25.2 Å². The molecular formula is C13H6F5N3O2. The smallest absolute Gasteiger partial charge is 0.402 e. The largest absolute Gasteiger partial charge is 0.436 e. The van der Waals surface area contributed by atoms with Gasteiger partial charge in [0.2, 0.25) is 5.88 Å². The first-order valence-corrected chi connectivity index (χ1v) is 5.87. The van der Waals surface area contributed by atoms with Crippen molar-refractivity contribution in [2.75, 3.05) is 0 Å². The van der Waals surface area contributed by atoms with Gasteiger partial charge in [-0.05, 0) is 12.1 Å². The Morgan fingerprint density at radius 1 is 1.30 bits per heavy atom. The summed E-state index contributed by atoms with van der Waals surface area (Å²) < 4.78 is 70.2. The molecule has 0 radical (unpaired) electrons. The normalized spacial score (nSPS) is 11.2. The van der Waals surface area contributed by atoms with E-state index in [-0.39, 0.29) is 0 Å². The van der Waals surface area contributed by atoms with Gasteiger partial charge in [-0.25, -0.2) is 18.3 Å². The lowest BCUT2D eigenvalue weighted by molar-refractivity contribution is -0.141. The summed E-state index contributed by atoms with van der Waals surface area (Å²) in [6, 6.07) is 3.75. The molecular weight excluding hydrogens is 325 g/mol. The lowest BCUT2D eigenvalue weighted by Gasteiger charge is -2.06. The second-order valence-corrected chi connectivity index (χ2v) is 4.25. The van der Waals surface area contributed by atoms with Gasteiger partial charge in [-0.15, -0.1) is 0 Å². The second-order valence-electron chi connectivity index (χ2n) is 4.25. The van der Waals surface area contributed by atoms with Crippen molar-refractivity contribution in [2.24, 2.45) is 7.05 Å². The molecule has 2 rings (SSSR count). The van der Waals surface area contributed by atoms with Crippen LogP contribution in [0.2, 0.25) is 0 Å². The summed E-state index contributed by atoms with van der Waals surface area (Å²) in [6.07, 6.45) is -4.96. The number of rotatable bonds is 2. The Morgan fingerprint density at radius 3 is 2.35 bits per heavy atom. The van der Waals surface area contributed by atoms with Crippen molar-refractivity contribution in [1.29, 1.82) is 5.26 Å². The van der Waals surface area contributed by atoms with Gasteiger partial charge in [0.05, 0.1) is 0 Å². The maximum Gasteiger partial charge on any atom is 0.436 e. The Balaban J connectivity index is 2.48. The van der Waals surface area contributed by atoms with Crippen LogP contribution in [0.15, 0.2) is 18.2 Å². The molecule has 0 atom stereocenters. The second kappa shape index (κ2) is 5.68. The van der Waals surface area contributed by atoms with Gasteiger partial charge in [-0.1, -0.05) is 6.07 Å². The van der Waals surface area contributed by atoms with E-state index in [9.17, 15) is 26.7 Å². The first kappa shape index (κ1) is 16.4. The van der Waals surface area contributed by atoms with Crippen LogP contribution >= 0.6 is 0 Å². The molecule has 1 aromatic carbocycles. The number of carbonyl (C=O) groups excluding carboxylic acids is 1. The van der Waals surface area contributed by atoms with Crippen LogP contribution in [0, 0.1) is 23.0 Å². The van der Waals surface area contributed by atoms with Crippen LogP contribution in [-0.2, 0) is 13.2 Å². The van der Waals surface area contributed by atoms with Gasteiger partial charge in [0.15, 0.2) is 5.69 Å². The van der Waals surface area contributed by atoms with Crippen molar-refractivity contribution in [3.63, 3.8) is 0 Å². The van der Waals surface area contributed by atoms with Crippen LogP contribution in [-0.4, -0.2) is 15.7 Å². The fourth-order valence-electron chi connectivity index (χ4n) is 1.76. The number of nitrogens with zero attached hydrogens (tertiary/aromatic N) is 3. The zero-order valence-electron chi connectivity index (χ0n) is 11.3. The van der Waals surface area contributed by atoms with Gasteiger partial charge >= 0.3 is 12.1 Å². The summed E-state index contributed by atoms with van der Waals surface area (Å²) in [5, 5.41) is 11.9. The van der Waals surface area contributed by atoms with E-state index in [2.05, 4.69) is 9.84 Å². The average Bonchev–Trinajstić information content (AvgIpc) is 2.75. The summed E-state index contributed by atoms with van der Waals surface area (Å²) >= 11 is 0. The first-order chi connectivity index (χ1) is 10.7. The molecule has 10 heteroatoms. The minimum Gasteiger partial charge on any atom is -0.402 e. The highest BCUT2D eigenvalue weighted by Crippen LogP contribution is 2.35. The summed E-state index contributed by atoms with van der Waals surface area (Å²) in [7, 11) is 0.983. The summed E-state index contributed by atoms with van der Waals surface area (Å²) in [4.78, 5) is 11.8. The lowest BCUT2D eigenvalue weighted by atomic mass is 10.2. The van der Waals surface area contributed by atoms with E-state index in [1.807, 2.05) is 0 Å². The van der Waals surface area contributed by atoms with E-state index in [1.54, 1.807) is 0 Å². The van der Waals surface area contributed by atoms with Crippen LogP contribution in [0.25, 0.3) is 0 Å². The number of nitriles is 1. The monoisotopic (exact) mass is 331 g/mol. The molecule has 23 heavy (non-hydrogen) atoms. The van der Waals surface area contributed by atoms with Gasteiger partial charge in [0.25, 0.3) is 0 Å². The molecule has 120 valence electrons. The minimum absolute atomic E-state index is 0.484. The molecule has 1 heterocycles. The third-order valence-corrected chi connectivity index (χ3v) is 2.73. The zero-order valence-corrected chi connectivity index (χ0v) is 11.3. The van der Waals surface area contributed by atoms with Gasteiger partial charge in [-0.3, -0.25) is 0 Å². The predicted octanol–water partition coefficient (Wildman–Crippen LogP) is 2.81. The van der Waals surface area contributed by atoms with Gasteiger partial charge < -0.3 is 4.74 Å². The third kappa shape index (κ3) is 2.98. The maximum absolute atomic E-state index is 13.5. The lowest BCUT2D eigenvalue weighted by Crippen LogP contribution is -2.15. The molecule has 0 aliphatic carbocycles. The third-order valence-electron chi connectivity index (χ3n) is 2.73. The number of esters is 1. The van der Waals surface area contributed by atoms with Crippen LogP contribution in [0.1, 0.15) is 21.6 Å².